The number of methoxy groups -OCH3 is 1. The zero-order valence-electron chi connectivity index (χ0n) is 14.4. The molecule has 7 heteroatoms. The number of carbonyl (C=O) groups is 1. The molecule has 0 unspecified atom stereocenters. The number of esters is 1. The number of ether oxygens (including phenoxy) is 1. The Morgan fingerprint density at radius 1 is 1.27 bits per heavy atom. The van der Waals surface area contributed by atoms with E-state index in [0.717, 1.165) is 45.0 Å². The van der Waals surface area contributed by atoms with Crippen molar-refractivity contribution in [1.29, 1.82) is 0 Å². The summed E-state index contributed by atoms with van der Waals surface area (Å²) in [5, 5.41) is 6.80. The smallest absolute Gasteiger partial charge is 0.308 e. The molecule has 1 aliphatic heterocycles. The van der Waals surface area contributed by atoms with Gasteiger partial charge < -0.3 is 20.3 Å². The number of nitrogens with zero attached hydrogens (tertiary/aromatic N) is 2. The fourth-order valence-electron chi connectivity index (χ4n) is 2.44. The highest BCUT2D eigenvalue weighted by molar-refractivity contribution is 14.0. The minimum atomic E-state index is -0.0908. The SMILES string of the molecule is CN=C(NCCNC(C)(C)C)N1CCC(C(=O)OC)CC1.I. The van der Waals surface area contributed by atoms with E-state index in [-0.39, 0.29) is 41.4 Å². The molecule has 1 heterocycles. The molecule has 0 aliphatic carbocycles. The summed E-state index contributed by atoms with van der Waals surface area (Å²) < 4.78 is 4.81. The van der Waals surface area contributed by atoms with Crippen molar-refractivity contribution < 1.29 is 9.53 Å². The molecule has 0 bridgehead atoms. The van der Waals surface area contributed by atoms with Gasteiger partial charge in [-0.2, -0.15) is 0 Å². The quantitative estimate of drug-likeness (QED) is 0.234. The molecule has 0 atom stereocenters. The minimum Gasteiger partial charge on any atom is -0.469 e. The van der Waals surface area contributed by atoms with E-state index in [0.29, 0.717) is 0 Å². The second-order valence-electron chi connectivity index (χ2n) is 6.44. The van der Waals surface area contributed by atoms with Crippen LogP contribution in [0.5, 0.6) is 0 Å². The molecule has 0 saturated carbocycles. The number of likely N-dealkylation sites (tertiary alicyclic amines) is 1. The van der Waals surface area contributed by atoms with E-state index in [9.17, 15) is 4.79 Å². The van der Waals surface area contributed by atoms with Crippen LogP contribution in [0.4, 0.5) is 0 Å². The van der Waals surface area contributed by atoms with Gasteiger partial charge in [-0.1, -0.05) is 0 Å². The fraction of sp³-hybridized carbons (Fsp3) is 0.867. The number of rotatable bonds is 4. The van der Waals surface area contributed by atoms with E-state index < -0.39 is 0 Å². The lowest BCUT2D eigenvalue weighted by atomic mass is 9.97. The number of nitrogens with one attached hydrogen (secondary N) is 2. The van der Waals surface area contributed by atoms with Crippen LogP contribution in [0.3, 0.4) is 0 Å². The molecular weight excluding hydrogens is 395 g/mol. The number of hydrogen-bond acceptors (Lipinski definition) is 4. The summed E-state index contributed by atoms with van der Waals surface area (Å²) in [5.74, 6) is 0.855. The topological polar surface area (TPSA) is 66.0 Å². The van der Waals surface area contributed by atoms with Crippen molar-refractivity contribution in [3.8, 4) is 0 Å². The third-order valence-corrected chi connectivity index (χ3v) is 3.60. The van der Waals surface area contributed by atoms with Gasteiger partial charge in [0, 0.05) is 38.8 Å². The van der Waals surface area contributed by atoms with E-state index in [1.807, 2.05) is 0 Å². The molecular formula is C15H31IN4O2. The van der Waals surface area contributed by atoms with Crippen molar-refractivity contribution in [2.24, 2.45) is 10.9 Å². The molecule has 22 heavy (non-hydrogen) atoms. The van der Waals surface area contributed by atoms with Crippen molar-refractivity contribution in [3.05, 3.63) is 0 Å². The summed E-state index contributed by atoms with van der Waals surface area (Å²) in [6, 6.07) is 0. The maximum Gasteiger partial charge on any atom is 0.308 e. The van der Waals surface area contributed by atoms with Crippen LogP contribution in [0, 0.1) is 5.92 Å². The van der Waals surface area contributed by atoms with E-state index >= 15 is 0 Å². The van der Waals surface area contributed by atoms with Crippen LogP contribution in [-0.4, -0.2) is 62.7 Å². The number of carbonyl (C=O) groups excluding carboxylic acids is 1. The molecule has 1 rings (SSSR count). The van der Waals surface area contributed by atoms with Crippen molar-refractivity contribution >= 4 is 35.9 Å². The lowest BCUT2D eigenvalue weighted by Crippen LogP contribution is -2.49. The molecule has 1 fully saturated rings. The molecule has 2 N–H and O–H groups in total. The highest BCUT2D eigenvalue weighted by Gasteiger charge is 2.26. The molecule has 1 aliphatic rings. The normalized spacial score (nSPS) is 17.0. The Morgan fingerprint density at radius 2 is 1.86 bits per heavy atom. The summed E-state index contributed by atoms with van der Waals surface area (Å²) in [4.78, 5) is 18.1. The molecule has 0 aromatic heterocycles. The first-order valence-corrected chi connectivity index (χ1v) is 7.66. The highest BCUT2D eigenvalue weighted by atomic mass is 127. The molecule has 1 saturated heterocycles. The average Bonchev–Trinajstić information content (AvgIpc) is 2.46. The predicted octanol–water partition coefficient (Wildman–Crippen LogP) is 1.45. The molecule has 0 radical (unpaired) electrons. The number of piperidine rings is 1. The van der Waals surface area contributed by atoms with E-state index in [1.165, 1.54) is 7.11 Å². The number of guanidine groups is 1. The first kappa shape index (κ1) is 21.4. The van der Waals surface area contributed by atoms with Gasteiger partial charge in [-0.15, -0.1) is 24.0 Å². The van der Waals surface area contributed by atoms with Crippen LogP contribution in [0.2, 0.25) is 0 Å². The zero-order chi connectivity index (χ0) is 15.9. The summed E-state index contributed by atoms with van der Waals surface area (Å²) in [6.07, 6.45) is 1.65. The second-order valence-corrected chi connectivity index (χ2v) is 6.44. The Balaban J connectivity index is 0.00000441. The van der Waals surface area contributed by atoms with Crippen LogP contribution in [0.25, 0.3) is 0 Å². The minimum absolute atomic E-state index is 0. The van der Waals surface area contributed by atoms with E-state index in [4.69, 9.17) is 4.74 Å². The van der Waals surface area contributed by atoms with Crippen molar-refractivity contribution in [2.75, 3.05) is 40.3 Å². The first-order chi connectivity index (χ1) is 9.87. The Labute approximate surface area is 151 Å². The Kier molecular flexibility index (Phi) is 9.99. The average molecular weight is 426 g/mol. The summed E-state index contributed by atoms with van der Waals surface area (Å²) >= 11 is 0. The van der Waals surface area contributed by atoms with Crippen LogP contribution in [0.15, 0.2) is 4.99 Å². The van der Waals surface area contributed by atoms with Gasteiger partial charge in [-0.3, -0.25) is 9.79 Å². The van der Waals surface area contributed by atoms with E-state index in [1.54, 1.807) is 7.05 Å². The lowest BCUT2D eigenvalue weighted by Gasteiger charge is -2.33. The first-order valence-electron chi connectivity index (χ1n) is 7.66. The van der Waals surface area contributed by atoms with Gasteiger partial charge in [0.25, 0.3) is 0 Å². The monoisotopic (exact) mass is 426 g/mol. The van der Waals surface area contributed by atoms with Gasteiger partial charge in [0.1, 0.15) is 0 Å². The van der Waals surface area contributed by atoms with Crippen LogP contribution >= 0.6 is 24.0 Å². The summed E-state index contributed by atoms with van der Waals surface area (Å²) in [5.41, 5.74) is 0.129. The molecule has 0 aromatic rings. The third kappa shape index (κ3) is 7.62. The van der Waals surface area contributed by atoms with Gasteiger partial charge in [0.2, 0.25) is 0 Å². The maximum absolute atomic E-state index is 11.5. The van der Waals surface area contributed by atoms with Gasteiger partial charge >= 0.3 is 5.97 Å². The fourth-order valence-corrected chi connectivity index (χ4v) is 2.44. The van der Waals surface area contributed by atoms with Gasteiger partial charge in [-0.05, 0) is 33.6 Å². The van der Waals surface area contributed by atoms with E-state index in [2.05, 4.69) is 41.3 Å². The van der Waals surface area contributed by atoms with Crippen LogP contribution in [-0.2, 0) is 9.53 Å². The van der Waals surface area contributed by atoms with Gasteiger partial charge in [0.15, 0.2) is 5.96 Å². The van der Waals surface area contributed by atoms with Gasteiger partial charge in [-0.25, -0.2) is 0 Å². The number of hydrogen-bond donors (Lipinski definition) is 2. The van der Waals surface area contributed by atoms with Gasteiger partial charge in [0.05, 0.1) is 13.0 Å². The number of aliphatic imine (C=N–C) groups is 1. The highest BCUT2D eigenvalue weighted by Crippen LogP contribution is 2.18. The molecule has 0 amide bonds. The maximum atomic E-state index is 11.5. The van der Waals surface area contributed by atoms with Crippen molar-refractivity contribution in [2.45, 2.75) is 39.2 Å². The predicted molar refractivity (Wildman–Crippen MR) is 101 cm³/mol. The number of halogens is 1. The van der Waals surface area contributed by atoms with Crippen LogP contribution < -0.4 is 10.6 Å². The van der Waals surface area contributed by atoms with Crippen molar-refractivity contribution in [1.82, 2.24) is 15.5 Å². The Morgan fingerprint density at radius 3 is 2.32 bits per heavy atom. The standard InChI is InChI=1S/C15H30N4O2.HI/c1-15(2,3)18-9-8-17-14(16-4)19-10-6-12(7-11-19)13(20)21-5;/h12,18H,6-11H2,1-5H3,(H,16,17);1H. The molecule has 130 valence electrons. The Hall–Kier alpha value is -0.570. The molecule has 0 spiro atoms. The lowest BCUT2D eigenvalue weighted by molar-refractivity contribution is -0.146. The third-order valence-electron chi connectivity index (χ3n) is 3.60. The summed E-state index contributed by atoms with van der Waals surface area (Å²) in [6.45, 7) is 9.86. The zero-order valence-corrected chi connectivity index (χ0v) is 16.8. The summed E-state index contributed by atoms with van der Waals surface area (Å²) in [7, 11) is 3.25. The van der Waals surface area contributed by atoms with Crippen LogP contribution in [0.1, 0.15) is 33.6 Å². The van der Waals surface area contributed by atoms with Crippen molar-refractivity contribution in [3.63, 3.8) is 0 Å². The Bertz CT molecular complexity index is 361. The largest absolute Gasteiger partial charge is 0.469 e. The molecule has 6 nitrogen and oxygen atoms in total. The molecule has 0 aromatic carbocycles. The second kappa shape index (κ2) is 10.3.